The molecule has 0 aliphatic carbocycles. The number of anilines is 1. The molecule has 1 aliphatic heterocycles. The van der Waals surface area contributed by atoms with Crippen LogP contribution in [0.2, 0.25) is 0 Å². The van der Waals surface area contributed by atoms with E-state index in [1.807, 2.05) is 13.0 Å². The molecule has 2 heterocycles. The molecule has 1 atom stereocenters. The van der Waals surface area contributed by atoms with E-state index >= 15 is 0 Å². The minimum Gasteiger partial charge on any atom is -0.482 e. The first kappa shape index (κ1) is 20.4. The number of carboxylic acids is 1. The number of carboxylic acid groups (broad SMARTS) is 1. The number of hydrogen-bond acceptors (Lipinski definition) is 7. The van der Waals surface area contributed by atoms with Crippen molar-refractivity contribution in [2.45, 2.75) is 13.0 Å². The van der Waals surface area contributed by atoms with Gasteiger partial charge in [0.1, 0.15) is 29.3 Å². The number of nitrogens with one attached hydrogen (secondary N) is 1. The van der Waals surface area contributed by atoms with Crippen molar-refractivity contribution in [1.29, 1.82) is 0 Å². The van der Waals surface area contributed by atoms with Crippen molar-refractivity contribution < 1.29 is 24.1 Å². The fourth-order valence-corrected chi connectivity index (χ4v) is 3.11. The molecule has 31 heavy (non-hydrogen) atoms. The molecule has 0 spiro atoms. The van der Waals surface area contributed by atoms with Crippen LogP contribution in [0.3, 0.4) is 0 Å². The van der Waals surface area contributed by atoms with Crippen LogP contribution in [0.1, 0.15) is 24.4 Å². The van der Waals surface area contributed by atoms with Gasteiger partial charge in [0.25, 0.3) is 0 Å². The smallest absolute Gasteiger partial charge is 0.341 e. The predicted molar refractivity (Wildman–Crippen MR) is 113 cm³/mol. The van der Waals surface area contributed by atoms with Gasteiger partial charge < -0.3 is 20.3 Å². The van der Waals surface area contributed by atoms with Crippen molar-refractivity contribution in [3.05, 3.63) is 71.3 Å². The fourth-order valence-electron chi connectivity index (χ4n) is 3.11. The molecular formula is C22H19FN4O4. The summed E-state index contributed by atoms with van der Waals surface area (Å²) in [5.74, 6) is -0.0492. The maximum atomic E-state index is 13.3. The van der Waals surface area contributed by atoms with E-state index in [-0.39, 0.29) is 5.82 Å². The molecule has 9 heteroatoms. The Hall–Kier alpha value is -3.85. The number of aromatic nitrogens is 2. The molecule has 158 valence electrons. The number of carbonyl (C=O) groups is 1. The second-order valence-electron chi connectivity index (χ2n) is 7.06. The number of rotatable bonds is 6. The Morgan fingerprint density at radius 2 is 2.00 bits per heavy atom. The van der Waals surface area contributed by atoms with Gasteiger partial charge in [-0.25, -0.2) is 19.2 Å². The van der Waals surface area contributed by atoms with E-state index in [9.17, 15) is 14.3 Å². The van der Waals surface area contributed by atoms with Crippen molar-refractivity contribution in [1.82, 2.24) is 9.97 Å². The summed E-state index contributed by atoms with van der Waals surface area (Å²) in [6.45, 7) is 2.06. The van der Waals surface area contributed by atoms with E-state index < -0.39 is 24.5 Å². The number of halogens is 1. The molecule has 2 aromatic carbocycles. The number of benzene rings is 2. The van der Waals surface area contributed by atoms with E-state index in [0.717, 1.165) is 5.57 Å². The van der Waals surface area contributed by atoms with Crippen LogP contribution in [0, 0.1) is 5.82 Å². The van der Waals surface area contributed by atoms with Gasteiger partial charge in [0, 0.05) is 11.5 Å². The topological polar surface area (TPSA) is 117 Å². The van der Waals surface area contributed by atoms with Gasteiger partial charge in [0.05, 0.1) is 12.1 Å². The van der Waals surface area contributed by atoms with Gasteiger partial charge in [0.15, 0.2) is 12.4 Å². The van der Waals surface area contributed by atoms with Gasteiger partial charge >= 0.3 is 5.97 Å². The van der Waals surface area contributed by atoms with E-state index in [4.69, 9.17) is 9.84 Å². The van der Waals surface area contributed by atoms with Gasteiger partial charge in [-0.15, -0.1) is 0 Å². The lowest BCUT2D eigenvalue weighted by atomic mass is 10.1. The van der Waals surface area contributed by atoms with Crippen molar-refractivity contribution in [2.75, 3.05) is 18.5 Å². The lowest BCUT2D eigenvalue weighted by Crippen LogP contribution is -2.13. The normalized spacial score (nSPS) is 14.2. The Labute approximate surface area is 176 Å². The predicted octanol–water partition coefficient (Wildman–Crippen LogP) is 3.08. The van der Waals surface area contributed by atoms with Crippen LogP contribution in [0.25, 0.3) is 10.9 Å². The molecule has 8 nitrogen and oxygen atoms in total. The number of ether oxygens (including phenoxy) is 1. The monoisotopic (exact) mass is 422 g/mol. The zero-order valence-corrected chi connectivity index (χ0v) is 16.5. The number of hydrogen-bond donors (Lipinski definition) is 3. The molecule has 0 bridgehead atoms. The second kappa shape index (κ2) is 8.49. The molecule has 1 unspecified atom stereocenters. The van der Waals surface area contributed by atoms with Crippen LogP contribution >= 0.6 is 0 Å². The average Bonchev–Trinajstić information content (AvgIpc) is 3.16. The van der Waals surface area contributed by atoms with Crippen LogP contribution in [0.5, 0.6) is 5.75 Å². The maximum absolute atomic E-state index is 13.3. The molecule has 3 N–H and O–H groups in total. The molecule has 0 fully saturated rings. The zero-order valence-electron chi connectivity index (χ0n) is 16.5. The van der Waals surface area contributed by atoms with Gasteiger partial charge in [-0.3, -0.25) is 4.99 Å². The Balaban J connectivity index is 1.77. The molecule has 0 saturated heterocycles. The molecule has 0 amide bonds. The molecule has 3 aromatic rings. The van der Waals surface area contributed by atoms with Crippen molar-refractivity contribution in [3.8, 4) is 5.75 Å². The molecule has 0 radical (unpaired) electrons. The van der Waals surface area contributed by atoms with Gasteiger partial charge in [-0.05, 0) is 48.4 Å². The van der Waals surface area contributed by atoms with Crippen LogP contribution < -0.4 is 10.1 Å². The Kier molecular flexibility index (Phi) is 5.59. The largest absolute Gasteiger partial charge is 0.482 e. The Bertz CT molecular complexity index is 1210. The summed E-state index contributed by atoms with van der Waals surface area (Å²) in [4.78, 5) is 24.1. The average molecular weight is 422 g/mol. The summed E-state index contributed by atoms with van der Waals surface area (Å²) in [5.41, 5.74) is 1.96. The number of amidine groups is 1. The van der Waals surface area contributed by atoms with Crippen LogP contribution in [-0.4, -0.2) is 45.1 Å². The molecule has 1 aliphatic rings. The van der Waals surface area contributed by atoms with E-state index in [2.05, 4.69) is 20.3 Å². The summed E-state index contributed by atoms with van der Waals surface area (Å²) in [7, 11) is 0. The third-order valence-corrected chi connectivity index (χ3v) is 4.61. The molecule has 4 rings (SSSR count). The highest BCUT2D eigenvalue weighted by Gasteiger charge is 2.19. The van der Waals surface area contributed by atoms with Gasteiger partial charge in [-0.1, -0.05) is 12.1 Å². The summed E-state index contributed by atoms with van der Waals surface area (Å²) in [5, 5.41) is 23.4. The minimum atomic E-state index is -1.20. The number of aliphatic hydroxyl groups is 1. The molecule has 1 aromatic heterocycles. The summed E-state index contributed by atoms with van der Waals surface area (Å²) in [6.07, 6.45) is 0.700. The highest BCUT2D eigenvalue weighted by molar-refractivity contribution is 6.08. The zero-order chi connectivity index (χ0) is 22.0. The third-order valence-electron chi connectivity index (χ3n) is 4.61. The lowest BCUT2D eigenvalue weighted by Gasteiger charge is -2.15. The highest BCUT2D eigenvalue weighted by atomic mass is 19.1. The van der Waals surface area contributed by atoms with Gasteiger partial charge in [-0.2, -0.15) is 0 Å². The first-order valence-electron chi connectivity index (χ1n) is 9.47. The first-order valence-corrected chi connectivity index (χ1v) is 9.47. The van der Waals surface area contributed by atoms with Crippen LogP contribution in [-0.2, 0) is 4.79 Å². The quantitative estimate of drug-likeness (QED) is 0.559. The highest BCUT2D eigenvalue weighted by Crippen LogP contribution is 2.29. The van der Waals surface area contributed by atoms with Crippen molar-refractivity contribution >= 4 is 28.5 Å². The number of aliphatic hydroxyl groups excluding tert-OH is 1. The minimum absolute atomic E-state index is 0.0938. The second-order valence-corrected chi connectivity index (χ2v) is 7.06. The van der Waals surface area contributed by atoms with E-state index in [0.29, 0.717) is 40.4 Å². The first-order chi connectivity index (χ1) is 14.9. The third kappa shape index (κ3) is 4.67. The molecule has 0 saturated carbocycles. The number of fused-ring (bicyclic) bond motifs is 1. The molecular weight excluding hydrogens is 403 g/mol. The number of aliphatic imine (C=N–C) groups is 1. The Morgan fingerprint density at radius 3 is 2.68 bits per heavy atom. The number of nitrogens with zero attached hydrogens (tertiary/aromatic N) is 3. The number of aliphatic carboxylic acids is 1. The standard InChI is InChI=1S/C22H19FN4O4/c1-12-8-18(24-10-12)26-21-16-7-6-15(31-11-19(28)29)9-17(16)25-22(27-21)20(30)13-2-4-14(23)5-3-13/h2-9,20,30H,10-11H2,1H3,(H,28,29)(H,24,25,26,27). The fraction of sp³-hybridized carbons (Fsp3) is 0.182. The maximum Gasteiger partial charge on any atom is 0.341 e. The van der Waals surface area contributed by atoms with E-state index in [1.165, 1.54) is 24.3 Å². The summed E-state index contributed by atoms with van der Waals surface area (Å²) >= 11 is 0. The van der Waals surface area contributed by atoms with Crippen molar-refractivity contribution in [2.24, 2.45) is 4.99 Å². The van der Waals surface area contributed by atoms with Crippen LogP contribution in [0.15, 0.2) is 59.1 Å². The Morgan fingerprint density at radius 1 is 1.23 bits per heavy atom. The summed E-state index contributed by atoms with van der Waals surface area (Å²) < 4.78 is 18.5. The van der Waals surface area contributed by atoms with Crippen molar-refractivity contribution in [3.63, 3.8) is 0 Å². The summed E-state index contributed by atoms with van der Waals surface area (Å²) in [6, 6.07) is 10.3. The lowest BCUT2D eigenvalue weighted by molar-refractivity contribution is -0.139. The van der Waals surface area contributed by atoms with E-state index in [1.54, 1.807) is 18.2 Å². The SMILES string of the molecule is CC1=CC(Nc2nc(C(O)c3ccc(F)cc3)nc3cc(OCC(=O)O)ccc23)=NC1. The van der Waals surface area contributed by atoms with Crippen LogP contribution in [0.4, 0.5) is 10.2 Å². The van der Waals surface area contributed by atoms with Gasteiger partial charge in [0.2, 0.25) is 0 Å².